The lowest BCUT2D eigenvalue weighted by molar-refractivity contribution is -0.121. The highest BCUT2D eigenvalue weighted by molar-refractivity contribution is 5.80. The molecule has 0 saturated carbocycles. The molecular formula is C13H18N2O3. The number of primary amides is 1. The van der Waals surface area contributed by atoms with Gasteiger partial charge in [-0.2, -0.15) is 0 Å². The third kappa shape index (κ3) is 4.55. The first-order valence-corrected chi connectivity index (χ1v) is 5.81. The van der Waals surface area contributed by atoms with Gasteiger partial charge in [0.25, 0.3) is 0 Å². The predicted molar refractivity (Wildman–Crippen MR) is 68.1 cm³/mol. The number of benzene rings is 1. The van der Waals surface area contributed by atoms with Crippen molar-refractivity contribution in [2.24, 2.45) is 11.5 Å². The smallest absolute Gasteiger partial charge is 0.234 e. The lowest BCUT2D eigenvalue weighted by atomic mass is 10.1. The molecule has 1 aromatic carbocycles. The van der Waals surface area contributed by atoms with Crippen LogP contribution in [0.1, 0.15) is 18.9 Å². The normalized spacial score (nSPS) is 11.9. The number of rotatable bonds is 7. The molecule has 1 unspecified atom stereocenters. The summed E-state index contributed by atoms with van der Waals surface area (Å²) in [5.74, 6) is 0.145. The fourth-order valence-electron chi connectivity index (χ4n) is 1.34. The molecule has 0 saturated heterocycles. The van der Waals surface area contributed by atoms with Crippen molar-refractivity contribution in [1.82, 2.24) is 0 Å². The number of ether oxygens (including phenoxy) is 1. The van der Waals surface area contributed by atoms with Crippen molar-refractivity contribution >= 4 is 11.7 Å². The molecule has 1 amide bonds. The van der Waals surface area contributed by atoms with Crippen LogP contribution in [0, 0.1) is 0 Å². The van der Waals surface area contributed by atoms with Gasteiger partial charge in [0.1, 0.15) is 12.4 Å². The van der Waals surface area contributed by atoms with Crippen molar-refractivity contribution in [1.29, 1.82) is 0 Å². The summed E-state index contributed by atoms with van der Waals surface area (Å²) in [6.45, 7) is 1.87. The molecule has 4 N–H and O–H groups in total. The molecule has 0 heterocycles. The van der Waals surface area contributed by atoms with Gasteiger partial charge in [0.05, 0.1) is 6.04 Å². The number of hydrogen-bond acceptors (Lipinski definition) is 4. The molecule has 0 bridgehead atoms. The van der Waals surface area contributed by atoms with Crippen LogP contribution in [0.5, 0.6) is 5.75 Å². The largest absolute Gasteiger partial charge is 0.486 e. The third-order valence-electron chi connectivity index (χ3n) is 2.54. The number of amides is 1. The monoisotopic (exact) mass is 250 g/mol. The first-order valence-electron chi connectivity index (χ1n) is 5.81. The minimum Gasteiger partial charge on any atom is -0.486 e. The van der Waals surface area contributed by atoms with Crippen LogP contribution < -0.4 is 16.2 Å². The molecule has 0 aromatic heterocycles. The van der Waals surface area contributed by atoms with E-state index in [1.54, 1.807) is 31.2 Å². The van der Waals surface area contributed by atoms with Crippen LogP contribution in [-0.4, -0.2) is 24.3 Å². The molecule has 0 aliphatic carbocycles. The van der Waals surface area contributed by atoms with Gasteiger partial charge in [0.2, 0.25) is 5.91 Å². The van der Waals surface area contributed by atoms with Crippen LogP contribution in [0.2, 0.25) is 0 Å². The highest BCUT2D eigenvalue weighted by Crippen LogP contribution is 2.13. The Labute approximate surface area is 106 Å². The highest BCUT2D eigenvalue weighted by atomic mass is 16.5. The Morgan fingerprint density at radius 2 is 1.89 bits per heavy atom. The standard InChI is InChI=1S/C13H18N2O3/c1-2-10(16)8-18-11-5-3-9(4-6-11)7-12(14)13(15)17/h3-6,12H,2,7-8,14H2,1H3,(H2,15,17). The van der Waals surface area contributed by atoms with E-state index in [4.69, 9.17) is 16.2 Å². The molecule has 0 radical (unpaired) electrons. The molecule has 98 valence electrons. The number of ketones is 1. The van der Waals surface area contributed by atoms with Gasteiger partial charge in [-0.05, 0) is 24.1 Å². The summed E-state index contributed by atoms with van der Waals surface area (Å²) in [5, 5.41) is 0. The zero-order valence-electron chi connectivity index (χ0n) is 10.4. The van der Waals surface area contributed by atoms with E-state index in [1.165, 1.54) is 0 Å². The van der Waals surface area contributed by atoms with Crippen molar-refractivity contribution in [2.45, 2.75) is 25.8 Å². The molecule has 1 atom stereocenters. The quantitative estimate of drug-likeness (QED) is 0.732. The Bertz CT molecular complexity index is 415. The predicted octanol–water partition coefficient (Wildman–Crippen LogP) is 0.400. The van der Waals surface area contributed by atoms with Gasteiger partial charge in [-0.3, -0.25) is 9.59 Å². The molecule has 5 heteroatoms. The molecule has 0 spiro atoms. The van der Waals surface area contributed by atoms with E-state index in [-0.39, 0.29) is 12.4 Å². The van der Waals surface area contributed by atoms with Crippen molar-refractivity contribution in [3.63, 3.8) is 0 Å². The van der Waals surface area contributed by atoms with E-state index in [0.717, 1.165) is 5.56 Å². The molecular weight excluding hydrogens is 232 g/mol. The lowest BCUT2D eigenvalue weighted by Crippen LogP contribution is -2.38. The maximum Gasteiger partial charge on any atom is 0.234 e. The maximum atomic E-state index is 11.1. The average molecular weight is 250 g/mol. The summed E-state index contributed by atoms with van der Waals surface area (Å²) in [7, 11) is 0. The average Bonchev–Trinajstić information content (AvgIpc) is 2.37. The first kappa shape index (κ1) is 14.2. The second-order valence-electron chi connectivity index (χ2n) is 4.04. The summed E-state index contributed by atoms with van der Waals surface area (Å²) in [4.78, 5) is 21.9. The van der Waals surface area contributed by atoms with Crippen LogP contribution in [0.4, 0.5) is 0 Å². The molecule has 5 nitrogen and oxygen atoms in total. The Hall–Kier alpha value is -1.88. The van der Waals surface area contributed by atoms with E-state index in [0.29, 0.717) is 18.6 Å². The molecule has 0 fully saturated rings. The maximum absolute atomic E-state index is 11.1. The van der Waals surface area contributed by atoms with Gasteiger partial charge >= 0.3 is 0 Å². The fourth-order valence-corrected chi connectivity index (χ4v) is 1.34. The molecule has 0 aliphatic heterocycles. The Morgan fingerprint density at radius 3 is 2.39 bits per heavy atom. The zero-order valence-corrected chi connectivity index (χ0v) is 10.4. The van der Waals surface area contributed by atoms with Crippen LogP contribution in [0.25, 0.3) is 0 Å². The topological polar surface area (TPSA) is 95.4 Å². The number of Topliss-reactive ketones (excluding diaryl/α,β-unsaturated/α-hetero) is 1. The molecule has 1 rings (SSSR count). The highest BCUT2D eigenvalue weighted by Gasteiger charge is 2.09. The van der Waals surface area contributed by atoms with Gasteiger partial charge in [0, 0.05) is 6.42 Å². The third-order valence-corrected chi connectivity index (χ3v) is 2.54. The fraction of sp³-hybridized carbons (Fsp3) is 0.385. The van der Waals surface area contributed by atoms with E-state index < -0.39 is 11.9 Å². The van der Waals surface area contributed by atoms with Gasteiger partial charge < -0.3 is 16.2 Å². The lowest BCUT2D eigenvalue weighted by Gasteiger charge is -2.09. The van der Waals surface area contributed by atoms with E-state index in [9.17, 15) is 9.59 Å². The number of hydrogen-bond donors (Lipinski definition) is 2. The van der Waals surface area contributed by atoms with Gasteiger partial charge in [0.15, 0.2) is 5.78 Å². The van der Waals surface area contributed by atoms with Crippen molar-refractivity contribution in [3.8, 4) is 5.75 Å². The van der Waals surface area contributed by atoms with Crippen LogP contribution in [0.3, 0.4) is 0 Å². The summed E-state index contributed by atoms with van der Waals surface area (Å²) < 4.78 is 5.29. The minimum atomic E-state index is -0.682. The van der Waals surface area contributed by atoms with Crippen molar-refractivity contribution in [2.75, 3.05) is 6.61 Å². The van der Waals surface area contributed by atoms with Gasteiger partial charge in [-0.1, -0.05) is 19.1 Å². The molecule has 0 aliphatic rings. The van der Waals surface area contributed by atoms with Crippen LogP contribution >= 0.6 is 0 Å². The second-order valence-corrected chi connectivity index (χ2v) is 4.04. The van der Waals surface area contributed by atoms with Crippen molar-refractivity contribution in [3.05, 3.63) is 29.8 Å². The van der Waals surface area contributed by atoms with E-state index >= 15 is 0 Å². The zero-order chi connectivity index (χ0) is 13.5. The van der Waals surface area contributed by atoms with E-state index in [2.05, 4.69) is 0 Å². The molecule has 18 heavy (non-hydrogen) atoms. The van der Waals surface area contributed by atoms with E-state index in [1.807, 2.05) is 0 Å². The van der Waals surface area contributed by atoms with Crippen molar-refractivity contribution < 1.29 is 14.3 Å². The van der Waals surface area contributed by atoms with Gasteiger partial charge in [-0.25, -0.2) is 0 Å². The number of nitrogens with two attached hydrogens (primary N) is 2. The second kappa shape index (κ2) is 6.76. The summed E-state index contributed by atoms with van der Waals surface area (Å²) >= 11 is 0. The summed E-state index contributed by atoms with van der Waals surface area (Å²) in [6.07, 6.45) is 0.856. The SMILES string of the molecule is CCC(=O)COc1ccc(CC(N)C(N)=O)cc1. The summed E-state index contributed by atoms with van der Waals surface area (Å²) in [5.41, 5.74) is 11.5. The number of carbonyl (C=O) groups excluding carboxylic acids is 2. The Kier molecular flexibility index (Phi) is 5.32. The minimum absolute atomic E-state index is 0.0508. The first-order chi connectivity index (χ1) is 8.52. The Balaban J connectivity index is 2.52. The molecule has 1 aromatic rings. The summed E-state index contributed by atoms with van der Waals surface area (Å²) in [6, 6.07) is 6.40. The van der Waals surface area contributed by atoms with Crippen LogP contribution in [0.15, 0.2) is 24.3 Å². The van der Waals surface area contributed by atoms with Crippen LogP contribution in [-0.2, 0) is 16.0 Å². The number of carbonyl (C=O) groups is 2. The Morgan fingerprint density at radius 1 is 1.28 bits per heavy atom. The van der Waals surface area contributed by atoms with Gasteiger partial charge in [-0.15, -0.1) is 0 Å².